The van der Waals surface area contributed by atoms with Gasteiger partial charge in [-0.2, -0.15) is 0 Å². The SMILES string of the molecule is Cc1ccc(C)c2c1C=C(P(C(C)(C)C)C(C)(C)C)[CH]2[Hf+2][CH]1C(P(C(C)(C)C)C(C)(C)C)=Cc2c(C)ccc(C)c21.[Cl-].[Cl-]. The van der Waals surface area contributed by atoms with Gasteiger partial charge in [0.15, 0.2) is 0 Å². The molecule has 0 heterocycles. The van der Waals surface area contributed by atoms with Gasteiger partial charge in [-0.3, -0.25) is 0 Å². The van der Waals surface area contributed by atoms with Gasteiger partial charge < -0.3 is 24.8 Å². The molecule has 0 aromatic heterocycles. The number of hydrogen-bond donors (Lipinski definition) is 0. The van der Waals surface area contributed by atoms with Gasteiger partial charge in [-0.05, 0) is 0 Å². The van der Waals surface area contributed by atoms with E-state index in [1.54, 1.807) is 22.3 Å². The number of rotatable bonds is 4. The molecule has 0 bridgehead atoms. The van der Waals surface area contributed by atoms with Gasteiger partial charge in [-0.1, -0.05) is 0 Å². The second-order valence-corrected chi connectivity index (χ2v) is 29.7. The maximum atomic E-state index is 2.72. The zero-order chi connectivity index (χ0) is 31.0. The molecule has 5 heteroatoms. The number of hydrogen-bond acceptors (Lipinski definition) is 0. The molecule has 2 aromatic carbocycles. The predicted molar refractivity (Wildman–Crippen MR) is 186 cm³/mol. The van der Waals surface area contributed by atoms with E-state index in [0.717, 1.165) is 0 Å². The van der Waals surface area contributed by atoms with Crippen LogP contribution in [0, 0.1) is 27.7 Å². The first-order valence-corrected chi connectivity index (χ1v) is 22.4. The standard InChI is InChI=1S/2C19H28P.2ClH.Hf/c2*1-13-9-10-14(2)17-12-15(11-16(13)17)20(18(3,4)5)19(6,7)8;;;/h2*9-12H,1-8H3;2*1H;/q;;;;+2/p-2. The predicted octanol–water partition coefficient (Wildman–Crippen LogP) is 6.66. The summed E-state index contributed by atoms with van der Waals surface area (Å²) in [6.45, 7) is 39.7. The van der Waals surface area contributed by atoms with Gasteiger partial charge in [-0.15, -0.1) is 0 Å². The van der Waals surface area contributed by atoms with Crippen molar-refractivity contribution in [2.75, 3.05) is 0 Å². The summed E-state index contributed by atoms with van der Waals surface area (Å²) in [7, 11) is -0.670. The molecule has 236 valence electrons. The smallest absolute Gasteiger partial charge is 1.00 e. The topological polar surface area (TPSA) is 0 Å². The third-order valence-electron chi connectivity index (χ3n) is 8.73. The Kier molecular flexibility index (Phi) is 12.3. The molecule has 0 aliphatic heterocycles. The molecule has 2 atom stereocenters. The Hall–Kier alpha value is 0.230. The molecule has 0 amide bonds. The van der Waals surface area contributed by atoms with Crippen LogP contribution in [-0.4, -0.2) is 20.6 Å². The van der Waals surface area contributed by atoms with Crippen LogP contribution >= 0.6 is 15.8 Å². The summed E-state index contributed by atoms with van der Waals surface area (Å²) in [6.07, 6.45) is 5.44. The molecule has 2 unspecified atom stereocenters. The van der Waals surface area contributed by atoms with Crippen LogP contribution in [0.1, 0.15) is 135 Å². The van der Waals surface area contributed by atoms with Crippen molar-refractivity contribution in [3.05, 3.63) is 79.4 Å². The maximum absolute atomic E-state index is 2.72. The summed E-state index contributed by atoms with van der Waals surface area (Å²) in [5.41, 5.74) is 12.5. The maximum Gasteiger partial charge on any atom is -1.00 e. The van der Waals surface area contributed by atoms with Crippen molar-refractivity contribution in [1.29, 1.82) is 0 Å². The summed E-state index contributed by atoms with van der Waals surface area (Å²) in [5.74, 6) is 0. The fourth-order valence-corrected chi connectivity index (χ4v) is 27.5. The van der Waals surface area contributed by atoms with Gasteiger partial charge in [0.2, 0.25) is 0 Å². The van der Waals surface area contributed by atoms with E-state index in [9.17, 15) is 0 Å². The van der Waals surface area contributed by atoms with Crippen LogP contribution in [0.25, 0.3) is 12.2 Å². The van der Waals surface area contributed by atoms with Gasteiger partial charge in [0.05, 0.1) is 0 Å². The minimum Gasteiger partial charge on any atom is -1.00 e. The molecule has 4 rings (SSSR count). The third-order valence-corrected chi connectivity index (χ3v) is 24.4. The molecular weight excluding hydrogens is 768 g/mol. The number of halogens is 2. The summed E-state index contributed by atoms with van der Waals surface area (Å²) in [6, 6.07) is 9.58. The van der Waals surface area contributed by atoms with E-state index in [1.807, 2.05) is 10.6 Å². The van der Waals surface area contributed by atoms with Crippen molar-refractivity contribution >= 4 is 28.0 Å². The first-order valence-electron chi connectivity index (χ1n) is 15.5. The first kappa shape index (κ1) is 39.4. The van der Waals surface area contributed by atoms with Crippen molar-refractivity contribution in [3.63, 3.8) is 0 Å². The summed E-state index contributed by atoms with van der Waals surface area (Å²) in [5, 5.41) is 4.73. The van der Waals surface area contributed by atoms with E-state index in [-0.39, 0.29) is 61.3 Å². The monoisotopic (exact) mass is 824 g/mol. The average Bonchev–Trinajstić information content (AvgIpc) is 3.31. The van der Waals surface area contributed by atoms with Crippen LogP contribution in [0.4, 0.5) is 0 Å². The Morgan fingerprint density at radius 3 is 0.977 bits per heavy atom. The molecule has 43 heavy (non-hydrogen) atoms. The fourth-order valence-electron chi connectivity index (χ4n) is 8.07. The minimum atomic E-state index is -1.38. The van der Waals surface area contributed by atoms with Crippen molar-refractivity contribution in [2.45, 2.75) is 139 Å². The van der Waals surface area contributed by atoms with Crippen molar-refractivity contribution in [3.8, 4) is 0 Å². The Bertz CT molecular complexity index is 1270. The number of benzene rings is 2. The van der Waals surface area contributed by atoms with E-state index in [1.165, 1.54) is 22.3 Å². The van der Waals surface area contributed by atoms with Crippen molar-refractivity contribution in [1.82, 2.24) is 0 Å². The van der Waals surface area contributed by atoms with Gasteiger partial charge in [0.1, 0.15) is 0 Å². The molecule has 2 aromatic rings. The van der Waals surface area contributed by atoms with E-state index in [4.69, 9.17) is 0 Å². The molecule has 0 saturated heterocycles. The van der Waals surface area contributed by atoms with Crippen LogP contribution in [0.5, 0.6) is 0 Å². The van der Waals surface area contributed by atoms with E-state index < -0.39 is 22.9 Å². The number of fused-ring (bicyclic) bond motifs is 2. The molecule has 0 nitrogen and oxygen atoms in total. The second-order valence-electron chi connectivity index (χ2n) is 16.6. The van der Waals surface area contributed by atoms with Crippen LogP contribution in [-0.2, 0) is 22.9 Å². The molecule has 0 saturated carbocycles. The molecule has 0 fully saturated rings. The number of allylic oxidation sites excluding steroid dienone is 2. The van der Waals surface area contributed by atoms with Gasteiger partial charge >= 0.3 is 269 Å². The van der Waals surface area contributed by atoms with E-state index in [2.05, 4.69) is 147 Å². The normalized spacial score (nSPS) is 18.5. The first-order chi connectivity index (χ1) is 18.5. The average molecular weight is 824 g/mol. The molecule has 0 N–H and O–H groups in total. The number of aryl methyl sites for hydroxylation is 4. The zero-order valence-corrected chi connectivity index (χ0v) is 36.7. The molecular formula is C38H56Cl2HfP2. The fraction of sp³-hybridized carbons (Fsp3) is 0.579. The quantitative estimate of drug-likeness (QED) is 0.239. The Balaban J connectivity index is 0.00000323. The summed E-state index contributed by atoms with van der Waals surface area (Å²) in [4.78, 5) is 0. The summed E-state index contributed by atoms with van der Waals surface area (Å²) < 4.78 is 1.32. The van der Waals surface area contributed by atoms with Gasteiger partial charge in [-0.25, -0.2) is 0 Å². The van der Waals surface area contributed by atoms with Crippen molar-refractivity contribution in [2.24, 2.45) is 0 Å². The Morgan fingerprint density at radius 2 is 0.721 bits per heavy atom. The molecule has 2 aliphatic carbocycles. The van der Waals surface area contributed by atoms with Crippen LogP contribution in [0.15, 0.2) is 34.9 Å². The largest absolute Gasteiger partial charge is 1.00 e. The minimum absolute atomic E-state index is 0. The van der Waals surface area contributed by atoms with E-state index >= 15 is 0 Å². The van der Waals surface area contributed by atoms with Crippen LogP contribution < -0.4 is 24.8 Å². The van der Waals surface area contributed by atoms with Crippen LogP contribution in [0.3, 0.4) is 0 Å². The van der Waals surface area contributed by atoms with Crippen LogP contribution in [0.2, 0.25) is 0 Å². The third kappa shape index (κ3) is 7.70. The zero-order valence-electron chi connectivity index (χ0n) is 29.8. The molecule has 0 radical (unpaired) electrons. The van der Waals surface area contributed by atoms with Crippen molar-refractivity contribution < 1.29 is 47.7 Å². The second kappa shape index (κ2) is 13.4. The van der Waals surface area contributed by atoms with E-state index in [0.29, 0.717) is 7.35 Å². The van der Waals surface area contributed by atoms with Gasteiger partial charge in [0.25, 0.3) is 0 Å². The molecule has 0 spiro atoms. The van der Waals surface area contributed by atoms with Gasteiger partial charge in [0, 0.05) is 0 Å². The molecule has 2 aliphatic rings. The Labute approximate surface area is 291 Å². The summed E-state index contributed by atoms with van der Waals surface area (Å²) >= 11 is -1.38. The Morgan fingerprint density at radius 1 is 0.465 bits per heavy atom.